The normalized spacial score (nSPS) is 12.3. The number of nitro benzene ring substituents is 1. The maximum Gasteiger partial charge on any atom is 0.340 e. The third-order valence-electron chi connectivity index (χ3n) is 4.48. The fourth-order valence-corrected chi connectivity index (χ4v) is 4.43. The molecule has 32 heavy (non-hydrogen) atoms. The molecule has 0 aliphatic rings. The van der Waals surface area contributed by atoms with E-state index in [0.717, 1.165) is 12.1 Å². The van der Waals surface area contributed by atoms with E-state index in [0.29, 0.717) is 0 Å². The molecule has 2 aromatic rings. The van der Waals surface area contributed by atoms with Gasteiger partial charge in [-0.1, -0.05) is 31.5 Å². The number of amides is 1. The lowest BCUT2D eigenvalue weighted by molar-refractivity contribution is -0.384. The molecular formula is C20H22ClN3O7S. The summed E-state index contributed by atoms with van der Waals surface area (Å²) in [6, 6.07) is 8.91. The molecule has 1 amide bonds. The number of halogens is 1. The molecule has 0 aliphatic heterocycles. The van der Waals surface area contributed by atoms with Gasteiger partial charge in [-0.15, -0.1) is 0 Å². The van der Waals surface area contributed by atoms with Crippen LogP contribution in [0.5, 0.6) is 0 Å². The number of benzene rings is 2. The van der Waals surface area contributed by atoms with Crippen LogP contribution in [0.25, 0.3) is 0 Å². The third-order valence-corrected chi connectivity index (χ3v) is 6.85. The van der Waals surface area contributed by atoms with E-state index in [2.05, 4.69) is 5.32 Å². The molecule has 0 radical (unpaired) electrons. The van der Waals surface area contributed by atoms with Gasteiger partial charge in [0, 0.05) is 30.9 Å². The van der Waals surface area contributed by atoms with Gasteiger partial charge < -0.3 is 10.1 Å². The molecule has 0 aliphatic carbocycles. The number of ether oxygens (including phenoxy) is 1. The van der Waals surface area contributed by atoms with Gasteiger partial charge in [0.05, 0.1) is 20.4 Å². The molecule has 0 aromatic heterocycles. The first kappa shape index (κ1) is 25.2. The minimum Gasteiger partial charge on any atom is -0.449 e. The van der Waals surface area contributed by atoms with Gasteiger partial charge in [-0.2, -0.15) is 4.31 Å². The van der Waals surface area contributed by atoms with Gasteiger partial charge in [-0.3, -0.25) is 14.9 Å². The van der Waals surface area contributed by atoms with E-state index in [1.807, 2.05) is 0 Å². The summed E-state index contributed by atoms with van der Waals surface area (Å²) in [4.78, 5) is 35.0. The number of hydrogen-bond acceptors (Lipinski definition) is 7. The number of nitrogens with one attached hydrogen (secondary N) is 1. The standard InChI is InChI=1S/C20H22ClN3O7S/c1-4-23(5-2)32(29,30)16-9-10-18(21)17(12-16)20(26)31-13(3)19(25)22-14-7-6-8-15(11-14)24(27)28/h6-13H,4-5H2,1-3H3,(H,22,25)/t13-/m0/s1. The van der Waals surface area contributed by atoms with Crippen LogP contribution in [0.1, 0.15) is 31.1 Å². The first-order chi connectivity index (χ1) is 15.0. The van der Waals surface area contributed by atoms with Gasteiger partial charge in [0.1, 0.15) is 0 Å². The molecule has 172 valence electrons. The highest BCUT2D eigenvalue weighted by Crippen LogP contribution is 2.24. The lowest BCUT2D eigenvalue weighted by Gasteiger charge is -2.19. The zero-order valence-electron chi connectivity index (χ0n) is 17.6. The molecule has 1 atom stereocenters. The Labute approximate surface area is 190 Å². The Bertz CT molecular complexity index is 1130. The minimum atomic E-state index is -3.84. The van der Waals surface area contributed by atoms with Gasteiger partial charge in [0.2, 0.25) is 10.0 Å². The Morgan fingerprint density at radius 1 is 1.19 bits per heavy atom. The number of rotatable bonds is 9. The van der Waals surface area contributed by atoms with Gasteiger partial charge in [-0.05, 0) is 31.2 Å². The summed E-state index contributed by atoms with van der Waals surface area (Å²) >= 11 is 6.05. The highest BCUT2D eigenvalue weighted by atomic mass is 35.5. The fourth-order valence-electron chi connectivity index (χ4n) is 2.75. The number of nitro groups is 1. The molecule has 0 bridgehead atoms. The Morgan fingerprint density at radius 3 is 2.44 bits per heavy atom. The van der Waals surface area contributed by atoms with Crippen molar-refractivity contribution in [3.05, 3.63) is 63.2 Å². The summed E-state index contributed by atoms with van der Waals surface area (Å²) in [6.45, 7) is 5.17. The lowest BCUT2D eigenvalue weighted by Crippen LogP contribution is -2.31. The fraction of sp³-hybridized carbons (Fsp3) is 0.300. The van der Waals surface area contributed by atoms with E-state index in [9.17, 15) is 28.1 Å². The van der Waals surface area contributed by atoms with E-state index in [-0.39, 0.29) is 39.9 Å². The Kier molecular flexibility index (Phi) is 8.31. The summed E-state index contributed by atoms with van der Waals surface area (Å²) < 4.78 is 31.8. The number of carbonyl (C=O) groups is 2. The molecule has 0 saturated heterocycles. The van der Waals surface area contributed by atoms with Crippen LogP contribution in [-0.2, 0) is 19.6 Å². The van der Waals surface area contributed by atoms with Crippen molar-refractivity contribution in [3.63, 3.8) is 0 Å². The van der Waals surface area contributed by atoms with Gasteiger partial charge in [0.15, 0.2) is 6.10 Å². The van der Waals surface area contributed by atoms with Crippen molar-refractivity contribution in [1.29, 1.82) is 0 Å². The van der Waals surface area contributed by atoms with E-state index in [4.69, 9.17) is 16.3 Å². The molecule has 0 saturated carbocycles. The van der Waals surface area contributed by atoms with Crippen molar-refractivity contribution < 1.29 is 27.7 Å². The molecule has 0 fully saturated rings. The number of sulfonamides is 1. The zero-order chi connectivity index (χ0) is 24.1. The molecule has 1 N–H and O–H groups in total. The van der Waals surface area contributed by atoms with Gasteiger partial charge >= 0.3 is 5.97 Å². The Balaban J connectivity index is 2.18. The number of anilines is 1. The van der Waals surface area contributed by atoms with Crippen LogP contribution >= 0.6 is 11.6 Å². The van der Waals surface area contributed by atoms with Crippen molar-refractivity contribution >= 4 is 44.9 Å². The van der Waals surface area contributed by atoms with Crippen LogP contribution < -0.4 is 5.32 Å². The van der Waals surface area contributed by atoms with Crippen LogP contribution in [0, 0.1) is 10.1 Å². The van der Waals surface area contributed by atoms with Crippen molar-refractivity contribution in [2.75, 3.05) is 18.4 Å². The lowest BCUT2D eigenvalue weighted by atomic mass is 10.2. The quantitative estimate of drug-likeness (QED) is 0.327. The van der Waals surface area contributed by atoms with E-state index < -0.39 is 32.9 Å². The zero-order valence-corrected chi connectivity index (χ0v) is 19.1. The molecule has 2 rings (SSSR count). The van der Waals surface area contributed by atoms with Crippen molar-refractivity contribution in [2.45, 2.75) is 31.8 Å². The second-order valence-electron chi connectivity index (χ2n) is 6.58. The summed E-state index contributed by atoms with van der Waals surface area (Å²) in [5, 5.41) is 13.2. The molecular weight excluding hydrogens is 462 g/mol. The second kappa shape index (κ2) is 10.5. The molecule has 0 unspecified atom stereocenters. The summed E-state index contributed by atoms with van der Waals surface area (Å²) in [5.41, 5.74) is -0.280. The van der Waals surface area contributed by atoms with E-state index in [1.165, 1.54) is 41.6 Å². The number of carbonyl (C=O) groups excluding carboxylic acids is 2. The Morgan fingerprint density at radius 2 is 1.84 bits per heavy atom. The van der Waals surface area contributed by atoms with Crippen molar-refractivity contribution in [2.24, 2.45) is 0 Å². The van der Waals surface area contributed by atoms with Gasteiger partial charge in [-0.25, -0.2) is 13.2 Å². The first-order valence-corrected chi connectivity index (χ1v) is 11.4. The molecule has 2 aromatic carbocycles. The largest absolute Gasteiger partial charge is 0.449 e. The SMILES string of the molecule is CCN(CC)S(=O)(=O)c1ccc(Cl)c(C(=O)O[C@@H](C)C(=O)Nc2cccc([N+](=O)[O-])c2)c1. The summed E-state index contributed by atoms with van der Waals surface area (Å²) in [5.74, 6) is -1.73. The highest BCUT2D eigenvalue weighted by Gasteiger charge is 2.26. The van der Waals surface area contributed by atoms with Crippen molar-refractivity contribution in [1.82, 2.24) is 4.31 Å². The van der Waals surface area contributed by atoms with Crippen LogP contribution in [0.2, 0.25) is 5.02 Å². The van der Waals surface area contributed by atoms with Crippen LogP contribution in [-0.4, -0.2) is 48.7 Å². The van der Waals surface area contributed by atoms with Crippen molar-refractivity contribution in [3.8, 4) is 0 Å². The minimum absolute atomic E-state index is 0.0419. The Hall–Kier alpha value is -3.02. The monoisotopic (exact) mass is 483 g/mol. The molecule has 10 nitrogen and oxygen atoms in total. The second-order valence-corrected chi connectivity index (χ2v) is 8.92. The van der Waals surface area contributed by atoms with E-state index in [1.54, 1.807) is 13.8 Å². The maximum atomic E-state index is 12.7. The third kappa shape index (κ3) is 5.81. The van der Waals surface area contributed by atoms with Crippen LogP contribution in [0.15, 0.2) is 47.4 Å². The average Bonchev–Trinajstić information content (AvgIpc) is 2.74. The molecule has 0 spiro atoms. The predicted molar refractivity (Wildman–Crippen MR) is 118 cm³/mol. The number of non-ortho nitro benzene ring substituents is 1. The topological polar surface area (TPSA) is 136 Å². The molecule has 0 heterocycles. The number of nitrogens with zero attached hydrogens (tertiary/aromatic N) is 2. The molecule has 12 heteroatoms. The van der Waals surface area contributed by atoms with Crippen LogP contribution in [0.3, 0.4) is 0 Å². The highest BCUT2D eigenvalue weighted by molar-refractivity contribution is 7.89. The number of hydrogen-bond donors (Lipinski definition) is 1. The smallest absolute Gasteiger partial charge is 0.340 e. The number of esters is 1. The average molecular weight is 484 g/mol. The van der Waals surface area contributed by atoms with Gasteiger partial charge in [0.25, 0.3) is 11.6 Å². The van der Waals surface area contributed by atoms with Crippen LogP contribution in [0.4, 0.5) is 11.4 Å². The first-order valence-electron chi connectivity index (χ1n) is 9.57. The van der Waals surface area contributed by atoms with E-state index >= 15 is 0 Å². The predicted octanol–water partition coefficient (Wildman–Crippen LogP) is 3.46. The maximum absolute atomic E-state index is 12.7. The summed E-state index contributed by atoms with van der Waals surface area (Å²) in [6.07, 6.45) is -1.29. The summed E-state index contributed by atoms with van der Waals surface area (Å²) in [7, 11) is -3.84.